The van der Waals surface area contributed by atoms with E-state index in [2.05, 4.69) is 5.32 Å². The second-order valence-corrected chi connectivity index (χ2v) is 7.25. The molecule has 0 aromatic heterocycles. The van der Waals surface area contributed by atoms with Gasteiger partial charge in [-0.05, 0) is 57.0 Å². The van der Waals surface area contributed by atoms with Crippen molar-refractivity contribution in [2.24, 2.45) is 0 Å². The van der Waals surface area contributed by atoms with Crippen LogP contribution in [0.2, 0.25) is 0 Å². The number of ether oxygens (including phenoxy) is 1. The van der Waals surface area contributed by atoms with Crippen molar-refractivity contribution in [2.45, 2.75) is 52.7 Å². The highest BCUT2D eigenvalue weighted by atomic mass is 19.1. The van der Waals surface area contributed by atoms with E-state index in [0.717, 1.165) is 17.5 Å². The zero-order chi connectivity index (χ0) is 21.4. The van der Waals surface area contributed by atoms with Gasteiger partial charge in [-0.15, -0.1) is 0 Å². The first-order valence-corrected chi connectivity index (χ1v) is 9.84. The summed E-state index contributed by atoms with van der Waals surface area (Å²) < 4.78 is 18.5. The fraction of sp³-hybridized carbons (Fsp3) is 0.391. The Kier molecular flexibility index (Phi) is 8.19. The first kappa shape index (κ1) is 22.4. The fourth-order valence-electron chi connectivity index (χ4n) is 2.81. The maximum Gasteiger partial charge on any atom is 0.261 e. The molecule has 0 radical (unpaired) electrons. The van der Waals surface area contributed by atoms with E-state index in [1.807, 2.05) is 45.0 Å². The van der Waals surface area contributed by atoms with Crippen molar-refractivity contribution in [2.75, 3.05) is 6.61 Å². The number of nitrogens with one attached hydrogen (secondary N) is 1. The molecule has 0 saturated carbocycles. The number of halogens is 1. The maximum absolute atomic E-state index is 13.0. The lowest BCUT2D eigenvalue weighted by atomic mass is 10.1. The van der Waals surface area contributed by atoms with Crippen molar-refractivity contribution in [3.05, 3.63) is 65.5 Å². The number of carbonyl (C=O) groups is 2. The number of hydrogen-bond donors (Lipinski definition) is 1. The van der Waals surface area contributed by atoms with Crippen LogP contribution in [0.15, 0.2) is 48.5 Å². The Morgan fingerprint density at radius 2 is 1.83 bits per heavy atom. The molecule has 5 nitrogen and oxygen atoms in total. The van der Waals surface area contributed by atoms with Crippen LogP contribution in [-0.4, -0.2) is 35.4 Å². The summed E-state index contributed by atoms with van der Waals surface area (Å²) in [5.74, 6) is -0.503. The molecular formula is C23H29FN2O3. The van der Waals surface area contributed by atoms with E-state index in [0.29, 0.717) is 12.3 Å². The first-order valence-electron chi connectivity index (χ1n) is 9.84. The van der Waals surface area contributed by atoms with Gasteiger partial charge in [0.05, 0.1) is 0 Å². The van der Waals surface area contributed by atoms with Gasteiger partial charge >= 0.3 is 0 Å². The highest BCUT2D eigenvalue weighted by molar-refractivity contribution is 5.88. The Morgan fingerprint density at radius 3 is 2.45 bits per heavy atom. The van der Waals surface area contributed by atoms with Crippen molar-refractivity contribution in [1.82, 2.24) is 10.2 Å². The number of nitrogens with zero attached hydrogens (tertiary/aromatic N) is 1. The third kappa shape index (κ3) is 6.89. The van der Waals surface area contributed by atoms with E-state index in [1.54, 1.807) is 6.92 Å². The van der Waals surface area contributed by atoms with Gasteiger partial charge in [0, 0.05) is 12.6 Å². The second-order valence-electron chi connectivity index (χ2n) is 7.25. The lowest BCUT2D eigenvalue weighted by Gasteiger charge is -2.29. The summed E-state index contributed by atoms with van der Waals surface area (Å²) in [7, 11) is 0. The minimum Gasteiger partial charge on any atom is -0.484 e. The Hall–Kier alpha value is -2.89. The molecule has 156 valence electrons. The summed E-state index contributed by atoms with van der Waals surface area (Å²) in [5, 5.41) is 2.93. The zero-order valence-electron chi connectivity index (χ0n) is 17.4. The van der Waals surface area contributed by atoms with Crippen LogP contribution >= 0.6 is 0 Å². The molecule has 0 heterocycles. The molecule has 2 rings (SSSR count). The van der Waals surface area contributed by atoms with Crippen LogP contribution in [-0.2, 0) is 16.1 Å². The average molecular weight is 400 g/mol. The van der Waals surface area contributed by atoms with E-state index in [9.17, 15) is 14.0 Å². The molecule has 0 aliphatic rings. The van der Waals surface area contributed by atoms with E-state index < -0.39 is 6.04 Å². The van der Waals surface area contributed by atoms with E-state index in [-0.39, 0.29) is 30.3 Å². The fourth-order valence-corrected chi connectivity index (χ4v) is 2.81. The molecule has 0 spiro atoms. The lowest BCUT2D eigenvalue weighted by molar-refractivity contribution is -0.142. The van der Waals surface area contributed by atoms with E-state index in [4.69, 9.17) is 4.74 Å². The Balaban J connectivity index is 2.14. The molecule has 0 aliphatic carbocycles. The monoisotopic (exact) mass is 400 g/mol. The molecule has 0 aliphatic heterocycles. The van der Waals surface area contributed by atoms with Gasteiger partial charge < -0.3 is 15.0 Å². The molecule has 2 atom stereocenters. The predicted octanol–water partition coefficient (Wildman–Crippen LogP) is 3.84. The summed E-state index contributed by atoms with van der Waals surface area (Å²) in [6.07, 6.45) is 0.804. The maximum atomic E-state index is 13.0. The molecule has 2 aromatic carbocycles. The molecule has 29 heavy (non-hydrogen) atoms. The van der Waals surface area contributed by atoms with Crippen LogP contribution in [0, 0.1) is 12.7 Å². The third-order valence-electron chi connectivity index (χ3n) is 4.78. The molecule has 2 amide bonds. The third-order valence-corrected chi connectivity index (χ3v) is 4.78. The van der Waals surface area contributed by atoms with Gasteiger partial charge in [0.15, 0.2) is 6.61 Å². The van der Waals surface area contributed by atoms with Crippen LogP contribution in [0.5, 0.6) is 5.75 Å². The quantitative estimate of drug-likeness (QED) is 0.696. The molecule has 0 saturated heterocycles. The molecule has 0 fully saturated rings. The molecular weight excluding hydrogens is 371 g/mol. The summed E-state index contributed by atoms with van der Waals surface area (Å²) in [5.41, 5.74) is 2.01. The summed E-state index contributed by atoms with van der Waals surface area (Å²) in [6.45, 7) is 7.66. The van der Waals surface area contributed by atoms with Crippen LogP contribution in [0.25, 0.3) is 0 Å². The van der Waals surface area contributed by atoms with Crippen LogP contribution in [0.4, 0.5) is 4.39 Å². The zero-order valence-corrected chi connectivity index (χ0v) is 17.4. The smallest absolute Gasteiger partial charge is 0.261 e. The number of amides is 2. The molecule has 0 bridgehead atoms. The van der Waals surface area contributed by atoms with Crippen molar-refractivity contribution in [3.8, 4) is 5.75 Å². The van der Waals surface area contributed by atoms with Crippen LogP contribution < -0.4 is 10.1 Å². The van der Waals surface area contributed by atoms with Gasteiger partial charge in [0.1, 0.15) is 17.6 Å². The summed E-state index contributed by atoms with van der Waals surface area (Å²) in [4.78, 5) is 27.1. The minimum atomic E-state index is -0.658. The standard InChI is InChI=1S/C23H29FN2O3/c1-5-17(3)25-23(28)18(4)26(14-19-8-6-7-16(2)13-19)22(27)15-29-21-11-9-20(24)10-12-21/h6-13,17-18H,5,14-15H2,1-4H3,(H,25,28)/t17-,18+/m1/s1. The number of hydrogen-bond acceptors (Lipinski definition) is 3. The minimum absolute atomic E-state index is 0.0244. The van der Waals surface area contributed by atoms with Crippen LogP contribution in [0.1, 0.15) is 38.3 Å². The van der Waals surface area contributed by atoms with Gasteiger partial charge in [-0.1, -0.05) is 36.8 Å². The average Bonchev–Trinajstić information content (AvgIpc) is 2.70. The van der Waals surface area contributed by atoms with Crippen molar-refractivity contribution in [3.63, 3.8) is 0 Å². The SMILES string of the molecule is CC[C@@H](C)NC(=O)[C@H](C)N(Cc1cccc(C)c1)C(=O)COc1ccc(F)cc1. The van der Waals surface area contributed by atoms with Gasteiger partial charge in [0.2, 0.25) is 5.91 Å². The Morgan fingerprint density at radius 1 is 1.14 bits per heavy atom. The number of aryl methyl sites for hydroxylation is 1. The van der Waals surface area contributed by atoms with Crippen molar-refractivity contribution in [1.29, 1.82) is 0 Å². The lowest BCUT2D eigenvalue weighted by Crippen LogP contribution is -2.50. The van der Waals surface area contributed by atoms with Gasteiger partial charge in [-0.3, -0.25) is 9.59 Å². The largest absolute Gasteiger partial charge is 0.484 e. The number of rotatable bonds is 9. The number of benzene rings is 2. The molecule has 0 unspecified atom stereocenters. The van der Waals surface area contributed by atoms with E-state index in [1.165, 1.54) is 29.2 Å². The molecule has 2 aromatic rings. The predicted molar refractivity (Wildman–Crippen MR) is 111 cm³/mol. The second kappa shape index (κ2) is 10.6. The summed E-state index contributed by atoms with van der Waals surface area (Å²) >= 11 is 0. The summed E-state index contributed by atoms with van der Waals surface area (Å²) in [6, 6.07) is 12.6. The number of carbonyl (C=O) groups excluding carboxylic acids is 2. The Labute approximate surface area is 171 Å². The van der Waals surface area contributed by atoms with E-state index >= 15 is 0 Å². The molecule has 6 heteroatoms. The van der Waals surface area contributed by atoms with Crippen molar-refractivity contribution >= 4 is 11.8 Å². The normalized spacial score (nSPS) is 12.7. The highest BCUT2D eigenvalue weighted by Crippen LogP contribution is 2.14. The Bertz CT molecular complexity index is 823. The topological polar surface area (TPSA) is 58.6 Å². The highest BCUT2D eigenvalue weighted by Gasteiger charge is 2.27. The molecule has 1 N–H and O–H groups in total. The first-order chi connectivity index (χ1) is 13.8. The van der Waals surface area contributed by atoms with Gasteiger partial charge in [-0.25, -0.2) is 4.39 Å². The van der Waals surface area contributed by atoms with Crippen molar-refractivity contribution < 1.29 is 18.7 Å². The van der Waals surface area contributed by atoms with Gasteiger partial charge in [0.25, 0.3) is 5.91 Å². The van der Waals surface area contributed by atoms with Crippen LogP contribution in [0.3, 0.4) is 0 Å². The van der Waals surface area contributed by atoms with Gasteiger partial charge in [-0.2, -0.15) is 0 Å².